The smallest absolute Gasteiger partial charge is 0.410 e. The van der Waals surface area contributed by atoms with Gasteiger partial charge in [-0.1, -0.05) is 12.1 Å². The molecule has 1 unspecified atom stereocenters. The number of nitrogens with zero attached hydrogens (tertiary/aromatic N) is 3. The lowest BCUT2D eigenvalue weighted by atomic mass is 10.1. The van der Waals surface area contributed by atoms with Crippen molar-refractivity contribution in [3.8, 4) is 0 Å². The molecule has 1 aliphatic rings. The number of H-pyrrole nitrogens is 1. The second kappa shape index (κ2) is 6.34. The lowest BCUT2D eigenvalue weighted by Crippen LogP contribution is -2.50. The van der Waals surface area contributed by atoms with Crippen LogP contribution in [0.3, 0.4) is 0 Å². The molecule has 1 aromatic carbocycles. The number of hydrogen-bond acceptors (Lipinski definition) is 4. The molecule has 3 rings (SSSR count). The molecule has 2 heterocycles. The van der Waals surface area contributed by atoms with Crippen molar-refractivity contribution >= 4 is 23.1 Å². The zero-order chi connectivity index (χ0) is 17.3. The van der Waals surface area contributed by atoms with Crippen molar-refractivity contribution in [2.75, 3.05) is 25.0 Å². The van der Waals surface area contributed by atoms with E-state index in [0.717, 1.165) is 42.9 Å². The number of benzene rings is 1. The van der Waals surface area contributed by atoms with Crippen molar-refractivity contribution in [3.05, 3.63) is 24.3 Å². The highest BCUT2D eigenvalue weighted by atomic mass is 16.6. The minimum atomic E-state index is -0.474. The number of nitrogens with one attached hydrogen (secondary N) is 1. The quantitative estimate of drug-likeness (QED) is 0.917. The number of aromatic amines is 1. The molecule has 1 atom stereocenters. The Morgan fingerprint density at radius 3 is 2.83 bits per heavy atom. The van der Waals surface area contributed by atoms with Gasteiger partial charge in [0, 0.05) is 20.1 Å². The lowest BCUT2D eigenvalue weighted by molar-refractivity contribution is 0.0209. The van der Waals surface area contributed by atoms with E-state index < -0.39 is 5.60 Å². The maximum atomic E-state index is 12.3. The van der Waals surface area contributed by atoms with Crippen molar-refractivity contribution in [2.45, 2.75) is 45.3 Å². The number of piperidine rings is 1. The summed E-state index contributed by atoms with van der Waals surface area (Å²) in [5.41, 5.74) is 1.53. The van der Waals surface area contributed by atoms with Gasteiger partial charge in [-0.15, -0.1) is 0 Å². The Kier molecular flexibility index (Phi) is 4.39. The van der Waals surface area contributed by atoms with Crippen LogP contribution in [0.1, 0.15) is 33.6 Å². The van der Waals surface area contributed by atoms with Gasteiger partial charge in [0.05, 0.1) is 17.1 Å². The first-order chi connectivity index (χ1) is 11.3. The first-order valence-corrected chi connectivity index (χ1v) is 8.49. The maximum Gasteiger partial charge on any atom is 0.410 e. The van der Waals surface area contributed by atoms with Crippen LogP contribution in [0.25, 0.3) is 11.0 Å². The number of rotatable bonds is 2. The van der Waals surface area contributed by atoms with Gasteiger partial charge in [-0.05, 0) is 45.7 Å². The van der Waals surface area contributed by atoms with Gasteiger partial charge < -0.3 is 19.5 Å². The highest BCUT2D eigenvalue weighted by molar-refractivity contribution is 5.77. The Morgan fingerprint density at radius 2 is 2.12 bits per heavy atom. The summed E-state index contributed by atoms with van der Waals surface area (Å²) >= 11 is 0. The van der Waals surface area contributed by atoms with Crippen molar-refractivity contribution in [3.63, 3.8) is 0 Å². The molecule has 0 radical (unpaired) electrons. The average Bonchev–Trinajstić information content (AvgIpc) is 2.96. The number of amides is 1. The second-order valence-corrected chi connectivity index (χ2v) is 7.41. The number of carbonyl (C=O) groups excluding carboxylic acids is 1. The van der Waals surface area contributed by atoms with E-state index in [4.69, 9.17) is 4.74 Å². The summed E-state index contributed by atoms with van der Waals surface area (Å²) in [6.45, 7) is 7.37. The van der Waals surface area contributed by atoms with E-state index in [1.54, 1.807) is 4.90 Å². The first kappa shape index (κ1) is 16.6. The zero-order valence-electron chi connectivity index (χ0n) is 14.9. The molecule has 2 aromatic rings. The number of hydrogen-bond donors (Lipinski definition) is 1. The minimum Gasteiger partial charge on any atom is -0.444 e. The molecule has 6 nitrogen and oxygen atoms in total. The van der Waals surface area contributed by atoms with Gasteiger partial charge in [-0.3, -0.25) is 0 Å². The van der Waals surface area contributed by atoms with Gasteiger partial charge in [0.25, 0.3) is 0 Å². The van der Waals surface area contributed by atoms with Crippen molar-refractivity contribution in [1.29, 1.82) is 0 Å². The van der Waals surface area contributed by atoms with Gasteiger partial charge in [0.1, 0.15) is 5.60 Å². The third kappa shape index (κ3) is 3.63. The van der Waals surface area contributed by atoms with Crippen LogP contribution >= 0.6 is 0 Å². The summed E-state index contributed by atoms with van der Waals surface area (Å²) in [5, 5.41) is 0. The molecule has 1 N–H and O–H groups in total. The minimum absolute atomic E-state index is 0.127. The number of likely N-dealkylation sites (N-methyl/N-ethyl adjacent to an activating group) is 1. The van der Waals surface area contributed by atoms with E-state index in [9.17, 15) is 4.79 Å². The van der Waals surface area contributed by atoms with E-state index in [-0.39, 0.29) is 12.1 Å². The molecule has 0 bridgehead atoms. The summed E-state index contributed by atoms with van der Waals surface area (Å²) in [7, 11) is 1.82. The lowest BCUT2D eigenvalue weighted by Gasteiger charge is -2.37. The number of fused-ring (bicyclic) bond motifs is 1. The second-order valence-electron chi connectivity index (χ2n) is 7.41. The Balaban J connectivity index is 1.70. The number of carbonyl (C=O) groups is 1. The fourth-order valence-corrected chi connectivity index (χ4v) is 3.04. The zero-order valence-corrected chi connectivity index (χ0v) is 14.9. The average molecular weight is 330 g/mol. The summed E-state index contributed by atoms with van der Waals surface area (Å²) in [4.78, 5) is 24.3. The molecular formula is C18H26N4O2. The van der Waals surface area contributed by atoms with E-state index >= 15 is 0 Å². The van der Waals surface area contributed by atoms with E-state index in [0.29, 0.717) is 0 Å². The van der Waals surface area contributed by atoms with Crippen LogP contribution in [-0.2, 0) is 4.74 Å². The molecule has 1 aromatic heterocycles. The van der Waals surface area contributed by atoms with Crippen LogP contribution in [0, 0.1) is 0 Å². The third-order valence-corrected chi connectivity index (χ3v) is 4.30. The van der Waals surface area contributed by atoms with Crippen LogP contribution in [0.4, 0.5) is 10.7 Å². The van der Waals surface area contributed by atoms with Gasteiger partial charge in [0.2, 0.25) is 5.95 Å². The summed E-state index contributed by atoms with van der Waals surface area (Å²) in [6, 6.07) is 8.15. The van der Waals surface area contributed by atoms with E-state index in [1.807, 2.05) is 52.1 Å². The number of ether oxygens (including phenoxy) is 1. The number of anilines is 1. The van der Waals surface area contributed by atoms with Gasteiger partial charge >= 0.3 is 6.09 Å². The maximum absolute atomic E-state index is 12.3. The molecule has 24 heavy (non-hydrogen) atoms. The van der Waals surface area contributed by atoms with Crippen LogP contribution in [0.15, 0.2) is 24.3 Å². The van der Waals surface area contributed by atoms with Crippen LogP contribution < -0.4 is 4.90 Å². The Labute approximate surface area is 142 Å². The predicted octanol–water partition coefficient (Wildman–Crippen LogP) is 3.40. The van der Waals surface area contributed by atoms with Gasteiger partial charge in [0.15, 0.2) is 0 Å². The predicted molar refractivity (Wildman–Crippen MR) is 95.3 cm³/mol. The highest BCUT2D eigenvalue weighted by Crippen LogP contribution is 2.23. The Hall–Kier alpha value is -2.24. The molecule has 1 amide bonds. The molecular weight excluding hydrogens is 304 g/mol. The molecule has 1 aliphatic heterocycles. The highest BCUT2D eigenvalue weighted by Gasteiger charge is 2.30. The largest absolute Gasteiger partial charge is 0.444 e. The molecule has 0 saturated carbocycles. The number of aromatic nitrogens is 2. The Bertz CT molecular complexity index is 686. The Morgan fingerprint density at radius 1 is 1.38 bits per heavy atom. The topological polar surface area (TPSA) is 61.5 Å². The van der Waals surface area contributed by atoms with Crippen LogP contribution in [0.2, 0.25) is 0 Å². The number of para-hydroxylation sites is 2. The summed E-state index contributed by atoms with van der Waals surface area (Å²) in [6.07, 6.45) is 1.74. The monoisotopic (exact) mass is 330 g/mol. The van der Waals surface area contributed by atoms with Gasteiger partial charge in [-0.25, -0.2) is 9.78 Å². The molecule has 6 heteroatoms. The summed E-state index contributed by atoms with van der Waals surface area (Å²) < 4.78 is 5.49. The molecule has 0 aliphatic carbocycles. The van der Waals surface area contributed by atoms with Crippen molar-refractivity contribution < 1.29 is 9.53 Å². The first-order valence-electron chi connectivity index (χ1n) is 8.49. The normalized spacial score (nSPS) is 18.7. The molecule has 1 fully saturated rings. The molecule has 0 spiro atoms. The molecule has 1 saturated heterocycles. The van der Waals surface area contributed by atoms with Gasteiger partial charge in [-0.2, -0.15) is 0 Å². The van der Waals surface area contributed by atoms with Crippen LogP contribution in [-0.4, -0.2) is 52.7 Å². The van der Waals surface area contributed by atoms with Crippen LogP contribution in [0.5, 0.6) is 0 Å². The third-order valence-electron chi connectivity index (χ3n) is 4.30. The fourth-order valence-electron chi connectivity index (χ4n) is 3.04. The standard InChI is InChI=1S/C18H26N4O2/c1-18(2,3)24-17(23)21(4)13-8-7-11-22(12-13)16-19-14-9-5-6-10-15(14)20-16/h5-6,9-10,13H,7-8,11-12H2,1-4H3,(H,19,20). The SMILES string of the molecule is CN(C(=O)OC(C)(C)C)C1CCCN(c2nc3ccccc3[nH]2)C1. The van der Waals surface area contributed by atoms with E-state index in [1.165, 1.54) is 0 Å². The van der Waals surface area contributed by atoms with Crippen molar-refractivity contribution in [1.82, 2.24) is 14.9 Å². The van der Waals surface area contributed by atoms with E-state index in [2.05, 4.69) is 14.9 Å². The fraction of sp³-hybridized carbons (Fsp3) is 0.556. The summed E-state index contributed by atoms with van der Waals surface area (Å²) in [5.74, 6) is 0.874. The molecule has 130 valence electrons. The number of imidazole rings is 1. The van der Waals surface area contributed by atoms with Crippen molar-refractivity contribution in [2.24, 2.45) is 0 Å².